The molecule has 1 aromatic rings. The molecule has 1 heterocycles. The number of aromatic nitrogens is 1. The molecule has 0 saturated heterocycles. The molecule has 0 aliphatic heterocycles. The Kier molecular flexibility index (Phi) is 5.17. The van der Waals surface area contributed by atoms with Crippen molar-refractivity contribution < 1.29 is 9.72 Å². The normalized spacial score (nSPS) is 9.24. The van der Waals surface area contributed by atoms with Gasteiger partial charge in [-0.05, 0) is 16.0 Å². The van der Waals surface area contributed by atoms with Crippen LogP contribution in [0.5, 0.6) is 0 Å². The van der Waals surface area contributed by atoms with Gasteiger partial charge in [-0.25, -0.2) is 0 Å². The molecule has 5 nitrogen and oxygen atoms in total. The van der Waals surface area contributed by atoms with Crippen LogP contribution in [0.3, 0.4) is 0 Å². The third kappa shape index (κ3) is 5.13. The predicted octanol–water partition coefficient (Wildman–Crippen LogP) is 2.01. The first-order valence-corrected chi connectivity index (χ1v) is 5.81. The van der Waals surface area contributed by atoms with Gasteiger partial charge in [0.25, 0.3) is 0 Å². The van der Waals surface area contributed by atoms with Crippen LogP contribution in [0.1, 0.15) is 18.9 Å². The Balaban J connectivity index is 2.49. The highest BCUT2D eigenvalue weighted by Gasteiger charge is 2.04. The van der Waals surface area contributed by atoms with E-state index < -0.39 is 4.92 Å². The molecule has 0 spiro atoms. The van der Waals surface area contributed by atoms with Gasteiger partial charge in [0, 0.05) is 25.2 Å². The molecule has 88 valence electrons. The van der Waals surface area contributed by atoms with E-state index in [-0.39, 0.29) is 10.9 Å². The van der Waals surface area contributed by atoms with Gasteiger partial charge in [0.15, 0.2) is 11.3 Å². The van der Waals surface area contributed by atoms with Crippen LogP contribution in [0.15, 0.2) is 18.3 Å². The summed E-state index contributed by atoms with van der Waals surface area (Å²) < 4.78 is 0. The number of rotatable bonds is 3. The molecule has 0 aliphatic rings. The molecule has 17 heavy (non-hydrogen) atoms. The van der Waals surface area contributed by atoms with Crippen molar-refractivity contribution in [2.75, 3.05) is 5.75 Å². The summed E-state index contributed by atoms with van der Waals surface area (Å²) in [5.41, 5.74) is 0.628. The van der Waals surface area contributed by atoms with Gasteiger partial charge in [-0.15, -0.1) is 0 Å². The fraction of sp³-hybridized carbons (Fsp3) is 0.273. The Bertz CT molecular complexity index is 474. The molecule has 0 fully saturated rings. The Morgan fingerprint density at radius 1 is 1.59 bits per heavy atom. The van der Waals surface area contributed by atoms with Crippen LogP contribution < -0.4 is 0 Å². The van der Waals surface area contributed by atoms with Crippen LogP contribution in [0, 0.1) is 22.0 Å². The fourth-order valence-corrected chi connectivity index (χ4v) is 1.47. The predicted molar refractivity (Wildman–Crippen MR) is 65.5 cm³/mol. The number of nitrogens with zero attached hydrogens (tertiary/aromatic N) is 2. The molecule has 0 aliphatic carbocycles. The number of hydrogen-bond donors (Lipinski definition) is 0. The number of pyridine rings is 1. The zero-order valence-electron chi connectivity index (χ0n) is 9.17. The van der Waals surface area contributed by atoms with Crippen LogP contribution in [0.25, 0.3) is 0 Å². The van der Waals surface area contributed by atoms with Crippen molar-refractivity contribution in [2.45, 2.75) is 13.3 Å². The Morgan fingerprint density at radius 2 is 2.35 bits per heavy atom. The van der Waals surface area contributed by atoms with Gasteiger partial charge in [0.1, 0.15) is 0 Å². The molecule has 0 bridgehead atoms. The zero-order chi connectivity index (χ0) is 12.7. The molecular formula is C11H10N2O3S. The first kappa shape index (κ1) is 13.2. The van der Waals surface area contributed by atoms with E-state index in [0.717, 1.165) is 0 Å². The van der Waals surface area contributed by atoms with Gasteiger partial charge in [0.2, 0.25) is 0 Å². The summed E-state index contributed by atoms with van der Waals surface area (Å²) in [6, 6.07) is 2.87. The third-order valence-electron chi connectivity index (χ3n) is 1.70. The van der Waals surface area contributed by atoms with Crippen LogP contribution in [0.4, 0.5) is 5.82 Å². The van der Waals surface area contributed by atoms with E-state index in [0.29, 0.717) is 17.7 Å². The second kappa shape index (κ2) is 6.66. The highest BCUT2D eigenvalue weighted by molar-refractivity contribution is 8.13. The quantitative estimate of drug-likeness (QED) is 0.355. The summed E-state index contributed by atoms with van der Waals surface area (Å²) >= 11 is 1.23. The molecule has 0 radical (unpaired) electrons. The van der Waals surface area contributed by atoms with Gasteiger partial charge in [-0.2, -0.15) is 0 Å². The smallest absolute Gasteiger partial charge is 0.358 e. The van der Waals surface area contributed by atoms with Crippen molar-refractivity contribution >= 4 is 22.7 Å². The van der Waals surface area contributed by atoms with Crippen molar-refractivity contribution in [2.24, 2.45) is 0 Å². The van der Waals surface area contributed by atoms with Crippen LogP contribution in [-0.4, -0.2) is 20.8 Å². The number of carbonyl (C=O) groups is 1. The molecule has 1 rings (SSSR count). The maximum atomic E-state index is 10.6. The molecular weight excluding hydrogens is 240 g/mol. The molecule has 0 amide bonds. The van der Waals surface area contributed by atoms with E-state index >= 15 is 0 Å². The minimum atomic E-state index is -0.555. The van der Waals surface area contributed by atoms with Crippen molar-refractivity contribution in [3.05, 3.63) is 34.0 Å². The molecule has 0 unspecified atom stereocenters. The highest BCUT2D eigenvalue weighted by atomic mass is 32.2. The van der Waals surface area contributed by atoms with E-state index in [9.17, 15) is 14.9 Å². The van der Waals surface area contributed by atoms with Gasteiger partial charge in [-0.1, -0.05) is 23.6 Å². The Hall–Kier alpha value is -1.87. The van der Waals surface area contributed by atoms with Crippen molar-refractivity contribution in [1.82, 2.24) is 4.98 Å². The van der Waals surface area contributed by atoms with Crippen LogP contribution in [0.2, 0.25) is 0 Å². The van der Waals surface area contributed by atoms with Crippen molar-refractivity contribution in [3.8, 4) is 11.8 Å². The minimum absolute atomic E-state index is 0.0730. The lowest BCUT2D eigenvalue weighted by atomic mass is 10.3. The fourth-order valence-electron chi connectivity index (χ4n) is 0.978. The van der Waals surface area contributed by atoms with E-state index in [2.05, 4.69) is 16.8 Å². The van der Waals surface area contributed by atoms with E-state index in [1.807, 2.05) is 0 Å². The van der Waals surface area contributed by atoms with Crippen LogP contribution >= 0.6 is 11.8 Å². The third-order valence-corrected chi connectivity index (χ3v) is 2.51. The second-order valence-electron chi connectivity index (χ2n) is 3.05. The van der Waals surface area contributed by atoms with Crippen molar-refractivity contribution in [3.63, 3.8) is 0 Å². The maximum Gasteiger partial charge on any atom is 0.363 e. The molecule has 0 N–H and O–H groups in total. The maximum absolute atomic E-state index is 10.6. The SMILES string of the molecule is CC(=O)SCCC#Cc1ccc([N+](=O)[O-])nc1. The lowest BCUT2D eigenvalue weighted by molar-refractivity contribution is -0.389. The summed E-state index contributed by atoms with van der Waals surface area (Å²) in [7, 11) is 0. The Morgan fingerprint density at radius 3 is 2.88 bits per heavy atom. The number of thioether (sulfide) groups is 1. The van der Waals surface area contributed by atoms with Gasteiger partial charge < -0.3 is 10.1 Å². The van der Waals surface area contributed by atoms with Gasteiger partial charge >= 0.3 is 5.82 Å². The number of hydrogen-bond acceptors (Lipinski definition) is 5. The van der Waals surface area contributed by atoms with E-state index in [1.165, 1.54) is 30.9 Å². The largest absolute Gasteiger partial charge is 0.363 e. The summed E-state index contributed by atoms with van der Waals surface area (Å²) in [5.74, 6) is 6.16. The van der Waals surface area contributed by atoms with Gasteiger partial charge in [-0.3, -0.25) is 4.79 Å². The summed E-state index contributed by atoms with van der Waals surface area (Å²) in [4.78, 5) is 24.1. The number of nitro groups is 1. The summed E-state index contributed by atoms with van der Waals surface area (Å²) in [6.45, 7) is 1.51. The van der Waals surface area contributed by atoms with Crippen molar-refractivity contribution in [1.29, 1.82) is 0 Å². The lowest BCUT2D eigenvalue weighted by Gasteiger charge is -1.90. The molecule has 1 aromatic heterocycles. The average Bonchev–Trinajstić information content (AvgIpc) is 2.29. The lowest BCUT2D eigenvalue weighted by Crippen LogP contribution is -1.91. The molecule has 6 heteroatoms. The first-order chi connectivity index (χ1) is 8.09. The molecule has 0 atom stereocenters. The summed E-state index contributed by atoms with van der Waals surface area (Å²) in [5, 5.41) is 10.4. The number of carbonyl (C=O) groups excluding carboxylic acids is 1. The average molecular weight is 250 g/mol. The second-order valence-corrected chi connectivity index (χ2v) is 4.33. The zero-order valence-corrected chi connectivity index (χ0v) is 9.99. The Labute approximate surface area is 103 Å². The molecule has 0 aromatic carbocycles. The van der Waals surface area contributed by atoms with E-state index in [1.54, 1.807) is 6.07 Å². The van der Waals surface area contributed by atoms with E-state index in [4.69, 9.17) is 0 Å². The minimum Gasteiger partial charge on any atom is -0.358 e. The topological polar surface area (TPSA) is 73.1 Å². The van der Waals surface area contributed by atoms with Crippen LogP contribution in [-0.2, 0) is 4.79 Å². The monoisotopic (exact) mass is 250 g/mol. The van der Waals surface area contributed by atoms with Gasteiger partial charge in [0.05, 0.1) is 5.56 Å². The highest BCUT2D eigenvalue weighted by Crippen LogP contribution is 2.06. The summed E-state index contributed by atoms with van der Waals surface area (Å²) in [6.07, 6.45) is 1.96. The molecule has 0 saturated carbocycles. The first-order valence-electron chi connectivity index (χ1n) is 4.82. The standard InChI is InChI=1S/C11H10N2O3S/c1-9(14)17-7-3-2-4-10-5-6-11(12-8-10)13(15)16/h5-6,8H,3,7H2,1H3.